The van der Waals surface area contributed by atoms with Crippen LogP contribution in [0.25, 0.3) is 64.6 Å². The molecule has 0 spiro atoms. The number of thiophene rings is 1. The van der Waals surface area contributed by atoms with Gasteiger partial charge >= 0.3 is 0 Å². The maximum atomic E-state index is 4.77. The van der Waals surface area contributed by atoms with Gasteiger partial charge in [-0.2, -0.15) is 11.3 Å². The summed E-state index contributed by atoms with van der Waals surface area (Å²) < 4.78 is 2.56. The van der Waals surface area contributed by atoms with Crippen molar-refractivity contribution in [3.63, 3.8) is 0 Å². The van der Waals surface area contributed by atoms with Gasteiger partial charge in [0, 0.05) is 37.2 Å². The Morgan fingerprint density at radius 3 is 2.17 bits per heavy atom. The van der Waals surface area contributed by atoms with Crippen LogP contribution in [0.4, 0.5) is 0 Å². The molecule has 3 heterocycles. The number of pyridine rings is 2. The summed E-state index contributed by atoms with van der Waals surface area (Å²) in [5.74, 6) is 0.869. The van der Waals surface area contributed by atoms with Crippen molar-refractivity contribution in [3.8, 4) is 33.6 Å². The average Bonchev–Trinajstić information content (AvgIpc) is 3.58. The molecule has 9 rings (SSSR count). The van der Waals surface area contributed by atoms with Gasteiger partial charge in [0.05, 0.1) is 8.07 Å². The summed E-state index contributed by atoms with van der Waals surface area (Å²) in [4.78, 5) is 9.53. The van der Waals surface area contributed by atoms with Crippen LogP contribution in [0.15, 0.2) is 134 Å². The van der Waals surface area contributed by atoms with Crippen molar-refractivity contribution in [2.45, 2.75) is 58.2 Å². The first-order valence-corrected chi connectivity index (χ1v) is 23.0. The Labute approximate surface area is 332 Å². The van der Waals surface area contributed by atoms with Crippen LogP contribution < -0.4 is 5.19 Å². The minimum atomic E-state index is -1.36. The average molecular weight is 901 g/mol. The molecule has 0 bridgehead atoms. The van der Waals surface area contributed by atoms with Crippen molar-refractivity contribution >= 4 is 55.5 Å². The second-order valence-electron chi connectivity index (χ2n) is 15.1. The second-order valence-corrected chi connectivity index (χ2v) is 21.2. The van der Waals surface area contributed by atoms with Crippen LogP contribution in [0.3, 0.4) is 0 Å². The first kappa shape index (κ1) is 37.1. The summed E-state index contributed by atoms with van der Waals surface area (Å²) in [5.41, 5.74) is 8.33. The van der Waals surface area contributed by atoms with Crippen molar-refractivity contribution < 1.29 is 20.1 Å². The Kier molecular flexibility index (Phi) is 11.5. The van der Waals surface area contributed by atoms with Gasteiger partial charge in [-0.05, 0) is 60.9 Å². The zero-order valence-corrected chi connectivity index (χ0v) is 34.9. The number of hydrogen-bond donors (Lipinski definition) is 0. The molecule has 267 valence electrons. The van der Waals surface area contributed by atoms with E-state index in [9.17, 15) is 0 Å². The summed E-state index contributed by atoms with van der Waals surface area (Å²) in [5, 5.41) is 6.47. The van der Waals surface area contributed by atoms with Crippen LogP contribution in [-0.4, -0.2) is 18.0 Å². The number of hydrogen-bond acceptors (Lipinski definition) is 3. The summed E-state index contributed by atoms with van der Waals surface area (Å²) in [6, 6.07) is 49.2. The van der Waals surface area contributed by atoms with E-state index in [2.05, 4.69) is 135 Å². The van der Waals surface area contributed by atoms with Crippen molar-refractivity contribution in [2.75, 3.05) is 0 Å². The van der Waals surface area contributed by atoms with Crippen molar-refractivity contribution in [1.29, 1.82) is 0 Å². The zero-order chi connectivity index (χ0) is 35.5. The van der Waals surface area contributed by atoms with Crippen LogP contribution in [0.2, 0.25) is 19.6 Å². The topological polar surface area (TPSA) is 25.8 Å². The molecule has 8 aromatic rings. The Balaban J connectivity index is 0.000000166. The van der Waals surface area contributed by atoms with Gasteiger partial charge in [0.25, 0.3) is 0 Å². The standard InChI is InChI=1S/C27H16NS.C21H28NSi.Ir/c1-2-8-18(9-3-1)21-12-6-13-22-23-14-7-15-24(27(23)29-26(21)22)25-16-19-10-4-5-11-20(19)17-28-25;1-23(2,3)21-16-22-20(18-12-8-5-9-13-18)15-19(21)14-17-10-6-4-7-11-17;/h1-14,16-17H;5,8-9,12,15-17H,4,6-7,10-11,14H2,1-3H3;/q2*-1;. The first-order chi connectivity index (χ1) is 25.4. The molecule has 5 aromatic carbocycles. The Morgan fingerprint density at radius 2 is 1.40 bits per heavy atom. The molecule has 2 nitrogen and oxygen atoms in total. The molecule has 5 heteroatoms. The van der Waals surface area contributed by atoms with Crippen molar-refractivity contribution in [3.05, 3.63) is 151 Å². The largest absolute Gasteiger partial charge is 0.305 e. The van der Waals surface area contributed by atoms with E-state index < -0.39 is 8.07 Å². The molecule has 1 radical (unpaired) electrons. The predicted molar refractivity (Wildman–Crippen MR) is 226 cm³/mol. The molecule has 1 aliphatic carbocycles. The van der Waals surface area contributed by atoms with E-state index in [4.69, 9.17) is 9.97 Å². The maximum Gasteiger partial charge on any atom is 0.0798 e. The number of aromatic nitrogens is 2. The van der Waals surface area contributed by atoms with Crippen LogP contribution in [0.5, 0.6) is 0 Å². The van der Waals surface area contributed by atoms with Crippen LogP contribution in [0.1, 0.15) is 37.7 Å². The number of nitrogens with zero attached hydrogens (tertiary/aromatic N) is 2. The summed E-state index contributed by atoms with van der Waals surface area (Å²) in [6.07, 6.45) is 12.4. The van der Waals surface area contributed by atoms with E-state index in [1.54, 1.807) is 10.8 Å². The van der Waals surface area contributed by atoms with Gasteiger partial charge in [0.2, 0.25) is 0 Å². The van der Waals surface area contributed by atoms with Crippen molar-refractivity contribution in [1.82, 2.24) is 9.97 Å². The third-order valence-corrected chi connectivity index (χ3v) is 13.8. The van der Waals surface area contributed by atoms with Gasteiger partial charge in [-0.15, -0.1) is 59.7 Å². The van der Waals surface area contributed by atoms with E-state index >= 15 is 0 Å². The number of rotatable bonds is 6. The quantitative estimate of drug-likeness (QED) is 0.123. The van der Waals surface area contributed by atoms with E-state index in [-0.39, 0.29) is 20.1 Å². The SMILES string of the molecule is C[Si](C)(C)c1cnc(-c2[c-]cccc2)cc1CC1CCCCC1.[Ir].[c-]1ccc2c(sc3c(-c4ccccc4)cccc32)c1-c1cc2ccccc2cn1. The van der Waals surface area contributed by atoms with Gasteiger partial charge < -0.3 is 9.97 Å². The van der Waals surface area contributed by atoms with Gasteiger partial charge in [-0.25, -0.2) is 0 Å². The maximum absolute atomic E-state index is 4.77. The third-order valence-electron chi connectivity index (χ3n) is 10.4. The number of fused-ring (bicyclic) bond motifs is 4. The molecule has 0 saturated heterocycles. The summed E-state index contributed by atoms with van der Waals surface area (Å²) in [6.45, 7) is 7.30. The molecule has 0 unspecified atom stereocenters. The molecule has 0 N–H and O–H groups in total. The molecular weight excluding hydrogens is 857 g/mol. The molecule has 1 saturated carbocycles. The van der Waals surface area contributed by atoms with E-state index in [0.29, 0.717) is 0 Å². The Morgan fingerprint density at radius 1 is 0.660 bits per heavy atom. The number of benzene rings is 5. The van der Waals surface area contributed by atoms with Crippen molar-refractivity contribution in [2.24, 2.45) is 5.92 Å². The fourth-order valence-electron chi connectivity index (χ4n) is 7.76. The molecule has 0 aliphatic heterocycles. The first-order valence-electron chi connectivity index (χ1n) is 18.7. The summed E-state index contributed by atoms with van der Waals surface area (Å²) >= 11 is 1.84. The Hall–Kier alpha value is -4.25. The minimum absolute atomic E-state index is 0. The van der Waals surface area contributed by atoms with E-state index in [0.717, 1.165) is 33.8 Å². The molecule has 0 atom stereocenters. The van der Waals surface area contributed by atoms with Crippen LogP contribution >= 0.6 is 11.3 Å². The van der Waals surface area contributed by atoms with Gasteiger partial charge in [0.1, 0.15) is 0 Å². The van der Waals surface area contributed by atoms with Gasteiger partial charge in [0.15, 0.2) is 0 Å². The van der Waals surface area contributed by atoms with E-state index in [1.807, 2.05) is 41.8 Å². The van der Waals surface area contributed by atoms with Crippen LogP contribution in [-0.2, 0) is 26.5 Å². The molecule has 1 fully saturated rings. The molecule has 3 aromatic heterocycles. The molecule has 53 heavy (non-hydrogen) atoms. The predicted octanol–water partition coefficient (Wildman–Crippen LogP) is 13.0. The molecule has 1 aliphatic rings. The minimum Gasteiger partial charge on any atom is -0.305 e. The van der Waals surface area contributed by atoms with Gasteiger partial charge in [-0.3, -0.25) is 0 Å². The molecule has 0 amide bonds. The molecular formula is C48H44IrN2SSi-2. The van der Waals surface area contributed by atoms with Crippen LogP contribution in [0, 0.1) is 18.1 Å². The smallest absolute Gasteiger partial charge is 0.0798 e. The second kappa shape index (κ2) is 16.4. The fourth-order valence-corrected chi connectivity index (χ4v) is 10.7. The normalized spacial score (nSPS) is 13.4. The Bertz CT molecular complexity index is 2460. The summed E-state index contributed by atoms with van der Waals surface area (Å²) in [7, 11) is -1.36. The van der Waals surface area contributed by atoms with E-state index in [1.165, 1.54) is 75.2 Å². The van der Waals surface area contributed by atoms with Gasteiger partial charge in [-0.1, -0.05) is 148 Å². The fraction of sp³-hybridized carbons (Fsp3) is 0.208. The monoisotopic (exact) mass is 901 g/mol. The third kappa shape index (κ3) is 8.15. The zero-order valence-electron chi connectivity index (χ0n) is 30.7.